The van der Waals surface area contributed by atoms with Crippen LogP contribution in [0.3, 0.4) is 0 Å². The highest BCUT2D eigenvalue weighted by atomic mass is 19.2. The minimum atomic E-state index is -1.10. The highest BCUT2D eigenvalue weighted by molar-refractivity contribution is 5.81. The summed E-state index contributed by atoms with van der Waals surface area (Å²) < 4.78 is 25.5. The summed E-state index contributed by atoms with van der Waals surface area (Å²) in [5.74, 6) is -3.35. The van der Waals surface area contributed by atoms with Gasteiger partial charge in [-0.3, -0.25) is 9.59 Å². The molecule has 0 bridgehead atoms. The van der Waals surface area contributed by atoms with E-state index in [-0.39, 0.29) is 25.3 Å². The van der Waals surface area contributed by atoms with E-state index in [4.69, 9.17) is 5.11 Å². The van der Waals surface area contributed by atoms with Gasteiger partial charge in [0.1, 0.15) is 6.54 Å². The van der Waals surface area contributed by atoms with Gasteiger partial charge in [0.25, 0.3) is 0 Å². The first kappa shape index (κ1) is 14.1. The monoisotopic (exact) mass is 257 g/mol. The van der Waals surface area contributed by atoms with E-state index in [1.165, 1.54) is 13.1 Å². The molecule has 0 unspecified atom stereocenters. The highest BCUT2D eigenvalue weighted by Gasteiger charge is 2.12. The summed E-state index contributed by atoms with van der Waals surface area (Å²) in [4.78, 5) is 23.0. The van der Waals surface area contributed by atoms with Gasteiger partial charge in [-0.15, -0.1) is 0 Å². The molecule has 0 saturated heterocycles. The molecule has 0 aliphatic rings. The SMILES string of the molecule is CN(CC(=O)O)C(=O)CCc1ccc(F)c(F)c1. The fraction of sp³-hybridized carbons (Fsp3) is 0.333. The Morgan fingerprint density at radius 3 is 2.50 bits per heavy atom. The van der Waals surface area contributed by atoms with Gasteiger partial charge in [0.2, 0.25) is 5.91 Å². The van der Waals surface area contributed by atoms with E-state index >= 15 is 0 Å². The summed E-state index contributed by atoms with van der Waals surface area (Å²) >= 11 is 0. The zero-order valence-electron chi connectivity index (χ0n) is 9.82. The maximum Gasteiger partial charge on any atom is 0.323 e. The van der Waals surface area contributed by atoms with Crippen LogP contribution in [0.1, 0.15) is 12.0 Å². The molecule has 0 aliphatic carbocycles. The number of aliphatic carboxylic acids is 1. The molecule has 6 heteroatoms. The molecule has 0 spiro atoms. The molecule has 1 N–H and O–H groups in total. The van der Waals surface area contributed by atoms with Crippen molar-refractivity contribution in [1.82, 2.24) is 4.90 Å². The van der Waals surface area contributed by atoms with Crippen LogP contribution in [0.5, 0.6) is 0 Å². The maximum atomic E-state index is 12.9. The molecule has 4 nitrogen and oxygen atoms in total. The van der Waals surface area contributed by atoms with E-state index in [2.05, 4.69) is 0 Å². The smallest absolute Gasteiger partial charge is 0.323 e. The van der Waals surface area contributed by atoms with Gasteiger partial charge in [-0.1, -0.05) is 6.07 Å². The van der Waals surface area contributed by atoms with Gasteiger partial charge in [0.15, 0.2) is 11.6 Å². The number of rotatable bonds is 5. The van der Waals surface area contributed by atoms with Crippen LogP contribution in [0.2, 0.25) is 0 Å². The van der Waals surface area contributed by atoms with Gasteiger partial charge in [0.05, 0.1) is 0 Å². The lowest BCUT2D eigenvalue weighted by Crippen LogP contribution is -2.32. The fourth-order valence-electron chi connectivity index (χ4n) is 1.43. The number of carboxylic acids is 1. The Balaban J connectivity index is 2.52. The highest BCUT2D eigenvalue weighted by Crippen LogP contribution is 2.10. The third-order valence-electron chi connectivity index (χ3n) is 2.41. The quantitative estimate of drug-likeness (QED) is 0.868. The second-order valence-corrected chi connectivity index (χ2v) is 3.89. The second-order valence-electron chi connectivity index (χ2n) is 3.89. The molecule has 0 aliphatic heterocycles. The van der Waals surface area contributed by atoms with Crippen LogP contribution in [-0.2, 0) is 16.0 Å². The van der Waals surface area contributed by atoms with Gasteiger partial charge in [-0.25, -0.2) is 8.78 Å². The van der Waals surface area contributed by atoms with Crippen molar-refractivity contribution >= 4 is 11.9 Å². The van der Waals surface area contributed by atoms with Crippen LogP contribution in [0, 0.1) is 11.6 Å². The predicted octanol–water partition coefficient (Wildman–Crippen LogP) is 1.44. The third kappa shape index (κ3) is 4.12. The molecule has 98 valence electrons. The van der Waals surface area contributed by atoms with Crippen molar-refractivity contribution < 1.29 is 23.5 Å². The van der Waals surface area contributed by atoms with Gasteiger partial charge in [0, 0.05) is 13.5 Å². The topological polar surface area (TPSA) is 57.6 Å². The Hall–Kier alpha value is -1.98. The van der Waals surface area contributed by atoms with Crippen molar-refractivity contribution in [2.24, 2.45) is 0 Å². The Kier molecular flexibility index (Phi) is 4.76. The summed E-state index contributed by atoms with van der Waals surface area (Å²) in [5.41, 5.74) is 0.492. The molecular formula is C12H13F2NO3. The summed E-state index contributed by atoms with van der Waals surface area (Å²) in [7, 11) is 1.38. The fourth-order valence-corrected chi connectivity index (χ4v) is 1.43. The molecule has 0 fully saturated rings. The number of nitrogens with zero attached hydrogens (tertiary/aromatic N) is 1. The average molecular weight is 257 g/mol. The number of amides is 1. The number of carbonyl (C=O) groups is 2. The molecule has 0 atom stereocenters. The molecule has 1 aromatic rings. The number of carbonyl (C=O) groups excluding carboxylic acids is 1. The Bertz CT molecular complexity index is 463. The van der Waals surface area contributed by atoms with Crippen molar-refractivity contribution in [2.75, 3.05) is 13.6 Å². The van der Waals surface area contributed by atoms with Gasteiger partial charge >= 0.3 is 5.97 Å². The van der Waals surface area contributed by atoms with Crippen LogP contribution >= 0.6 is 0 Å². The van der Waals surface area contributed by atoms with Crippen molar-refractivity contribution in [2.45, 2.75) is 12.8 Å². The lowest BCUT2D eigenvalue weighted by atomic mass is 10.1. The van der Waals surface area contributed by atoms with Gasteiger partial charge in [-0.2, -0.15) is 0 Å². The first-order chi connectivity index (χ1) is 8.40. The van der Waals surface area contributed by atoms with Crippen molar-refractivity contribution in [3.8, 4) is 0 Å². The molecule has 18 heavy (non-hydrogen) atoms. The molecule has 0 heterocycles. The summed E-state index contributed by atoms with van der Waals surface area (Å²) in [6.07, 6.45) is 0.287. The van der Waals surface area contributed by atoms with Crippen molar-refractivity contribution in [3.63, 3.8) is 0 Å². The minimum Gasteiger partial charge on any atom is -0.480 e. The van der Waals surface area contributed by atoms with Crippen LogP contribution in [0.15, 0.2) is 18.2 Å². The van der Waals surface area contributed by atoms with E-state index in [1.807, 2.05) is 0 Å². The standard InChI is InChI=1S/C12H13F2NO3/c1-15(7-12(17)18)11(16)5-3-8-2-4-9(13)10(14)6-8/h2,4,6H,3,5,7H2,1H3,(H,17,18). The lowest BCUT2D eigenvalue weighted by Gasteiger charge is -2.14. The summed E-state index contributed by atoms with van der Waals surface area (Å²) in [5, 5.41) is 8.50. The van der Waals surface area contributed by atoms with Gasteiger partial charge in [-0.05, 0) is 24.1 Å². The Labute approximate surface area is 103 Å². The Morgan fingerprint density at radius 2 is 1.94 bits per heavy atom. The first-order valence-corrected chi connectivity index (χ1v) is 5.30. The van der Waals surface area contributed by atoms with E-state index in [1.54, 1.807) is 0 Å². The number of likely N-dealkylation sites (N-methyl/N-ethyl adjacent to an activating group) is 1. The summed E-state index contributed by atoms with van der Waals surface area (Å²) in [6, 6.07) is 3.42. The number of carboxylic acid groups (broad SMARTS) is 1. The van der Waals surface area contributed by atoms with Crippen LogP contribution in [-0.4, -0.2) is 35.5 Å². The number of aryl methyl sites for hydroxylation is 1. The first-order valence-electron chi connectivity index (χ1n) is 5.30. The predicted molar refractivity (Wildman–Crippen MR) is 60.0 cm³/mol. The Morgan fingerprint density at radius 1 is 1.28 bits per heavy atom. The van der Waals surface area contributed by atoms with Crippen molar-refractivity contribution in [3.05, 3.63) is 35.4 Å². The average Bonchev–Trinajstić information content (AvgIpc) is 2.29. The zero-order valence-corrected chi connectivity index (χ0v) is 9.82. The molecular weight excluding hydrogens is 244 g/mol. The normalized spacial score (nSPS) is 10.2. The van der Waals surface area contributed by atoms with Crippen LogP contribution in [0.25, 0.3) is 0 Å². The largest absolute Gasteiger partial charge is 0.480 e. The number of benzene rings is 1. The third-order valence-corrected chi connectivity index (χ3v) is 2.41. The van der Waals surface area contributed by atoms with E-state index in [9.17, 15) is 18.4 Å². The summed E-state index contributed by atoms with van der Waals surface area (Å²) in [6.45, 7) is -0.378. The number of hydrogen-bond donors (Lipinski definition) is 1. The molecule has 0 aromatic heterocycles. The number of halogens is 2. The van der Waals surface area contributed by atoms with Gasteiger partial charge < -0.3 is 10.0 Å². The molecule has 0 saturated carbocycles. The van der Waals surface area contributed by atoms with E-state index < -0.39 is 17.6 Å². The minimum absolute atomic E-state index is 0.0504. The zero-order chi connectivity index (χ0) is 13.7. The number of hydrogen-bond acceptors (Lipinski definition) is 2. The molecule has 1 aromatic carbocycles. The second kappa shape index (κ2) is 6.09. The maximum absolute atomic E-state index is 12.9. The van der Waals surface area contributed by atoms with Crippen LogP contribution < -0.4 is 0 Å². The molecule has 1 rings (SSSR count). The van der Waals surface area contributed by atoms with E-state index in [0.717, 1.165) is 17.0 Å². The molecule has 1 amide bonds. The van der Waals surface area contributed by atoms with E-state index in [0.29, 0.717) is 5.56 Å². The van der Waals surface area contributed by atoms with Crippen LogP contribution in [0.4, 0.5) is 8.78 Å². The molecule has 0 radical (unpaired) electrons. The lowest BCUT2D eigenvalue weighted by molar-refractivity contribution is -0.143. The van der Waals surface area contributed by atoms with Crippen molar-refractivity contribution in [1.29, 1.82) is 0 Å².